The second-order valence-electron chi connectivity index (χ2n) is 6.91. The molecular weight excluding hydrogens is 379 g/mol. The zero-order valence-electron chi connectivity index (χ0n) is 15.5. The molecule has 7 heteroatoms. The number of hydrogen-bond donors (Lipinski definition) is 0. The van der Waals surface area contributed by atoms with Gasteiger partial charge in [0.1, 0.15) is 0 Å². The Hall–Kier alpha value is -3.22. The molecule has 1 aliphatic heterocycles. The van der Waals surface area contributed by atoms with E-state index >= 15 is 0 Å². The van der Waals surface area contributed by atoms with Crippen molar-refractivity contribution in [2.24, 2.45) is 5.10 Å². The molecule has 4 rings (SSSR count). The van der Waals surface area contributed by atoms with Gasteiger partial charge in [-0.1, -0.05) is 30.3 Å². The lowest BCUT2D eigenvalue weighted by atomic mass is 9.98. The number of halogens is 3. The summed E-state index contributed by atoms with van der Waals surface area (Å²) in [7, 11) is 0. The van der Waals surface area contributed by atoms with Crippen LogP contribution in [0.3, 0.4) is 0 Å². The first kappa shape index (κ1) is 19.1. The Morgan fingerprint density at radius 3 is 2.69 bits per heavy atom. The van der Waals surface area contributed by atoms with Gasteiger partial charge >= 0.3 is 6.18 Å². The van der Waals surface area contributed by atoms with Crippen molar-refractivity contribution in [3.8, 4) is 0 Å². The second kappa shape index (κ2) is 7.66. The van der Waals surface area contributed by atoms with Gasteiger partial charge < -0.3 is 0 Å². The molecule has 0 bridgehead atoms. The third-order valence-electron chi connectivity index (χ3n) is 4.91. The summed E-state index contributed by atoms with van der Waals surface area (Å²) in [5.41, 5.74) is 1.71. The number of hydrogen-bond acceptors (Lipinski definition) is 3. The van der Waals surface area contributed by atoms with Crippen LogP contribution in [0.4, 0.5) is 13.2 Å². The van der Waals surface area contributed by atoms with Gasteiger partial charge in [0.05, 0.1) is 16.8 Å². The van der Waals surface area contributed by atoms with Crippen molar-refractivity contribution < 1.29 is 18.0 Å². The Morgan fingerprint density at radius 2 is 1.93 bits per heavy atom. The number of para-hydroxylation sites is 1. The van der Waals surface area contributed by atoms with Gasteiger partial charge in [-0.05, 0) is 41.8 Å². The summed E-state index contributed by atoms with van der Waals surface area (Å²) in [6.45, 7) is 0.471. The molecule has 0 radical (unpaired) electrons. The van der Waals surface area contributed by atoms with Crippen LogP contribution in [0.5, 0.6) is 0 Å². The number of carbonyl (C=O) groups excluding carboxylic acids is 1. The third kappa shape index (κ3) is 4.13. The van der Waals surface area contributed by atoms with E-state index in [0.29, 0.717) is 30.7 Å². The van der Waals surface area contributed by atoms with Crippen LogP contribution in [0.25, 0.3) is 10.9 Å². The first-order valence-electron chi connectivity index (χ1n) is 9.30. The van der Waals surface area contributed by atoms with E-state index in [-0.39, 0.29) is 12.3 Å². The van der Waals surface area contributed by atoms with E-state index in [4.69, 9.17) is 0 Å². The molecule has 1 aromatic heterocycles. The summed E-state index contributed by atoms with van der Waals surface area (Å²) in [4.78, 5) is 16.4. The van der Waals surface area contributed by atoms with Crippen LogP contribution in [-0.2, 0) is 17.4 Å². The van der Waals surface area contributed by atoms with Gasteiger partial charge in [0.25, 0.3) is 0 Å². The van der Waals surface area contributed by atoms with Crippen molar-refractivity contribution in [3.63, 3.8) is 0 Å². The molecule has 1 aliphatic rings. The highest BCUT2D eigenvalue weighted by molar-refractivity contribution is 6.04. The van der Waals surface area contributed by atoms with Crippen LogP contribution in [0.15, 0.2) is 65.9 Å². The molecule has 4 nitrogen and oxygen atoms in total. The number of alkyl halides is 3. The van der Waals surface area contributed by atoms with Gasteiger partial charge in [0, 0.05) is 31.0 Å². The van der Waals surface area contributed by atoms with Crippen molar-refractivity contribution in [1.82, 2.24) is 9.99 Å². The minimum absolute atomic E-state index is 0.117. The maximum Gasteiger partial charge on any atom is 0.416 e. The third-order valence-corrected chi connectivity index (χ3v) is 4.91. The Kier molecular flexibility index (Phi) is 5.05. The molecule has 1 saturated heterocycles. The van der Waals surface area contributed by atoms with Crippen LogP contribution in [-0.4, -0.2) is 28.2 Å². The molecule has 2 heterocycles. The number of aromatic nitrogens is 1. The Bertz CT molecular complexity index is 1090. The number of rotatable bonds is 4. The van der Waals surface area contributed by atoms with E-state index in [9.17, 15) is 18.0 Å². The summed E-state index contributed by atoms with van der Waals surface area (Å²) in [6.07, 6.45) is -1.40. The monoisotopic (exact) mass is 397 g/mol. The molecule has 2 aromatic carbocycles. The second-order valence-corrected chi connectivity index (χ2v) is 6.91. The zero-order chi connectivity index (χ0) is 20.4. The number of benzene rings is 2. The smallest absolute Gasteiger partial charge is 0.273 e. The van der Waals surface area contributed by atoms with Gasteiger partial charge in [-0.2, -0.15) is 18.3 Å². The predicted molar refractivity (Wildman–Crippen MR) is 104 cm³/mol. The molecule has 0 aliphatic carbocycles. The molecule has 1 fully saturated rings. The highest BCUT2D eigenvalue weighted by Gasteiger charge is 2.31. The fraction of sp³-hybridized carbons (Fsp3) is 0.227. The molecule has 0 atom stereocenters. The Morgan fingerprint density at radius 1 is 1.10 bits per heavy atom. The first-order chi connectivity index (χ1) is 13.9. The van der Waals surface area contributed by atoms with Gasteiger partial charge in [-0.15, -0.1) is 0 Å². The van der Waals surface area contributed by atoms with Crippen LogP contribution in [0.2, 0.25) is 0 Å². The van der Waals surface area contributed by atoms with E-state index in [0.717, 1.165) is 28.6 Å². The average molecular weight is 397 g/mol. The summed E-state index contributed by atoms with van der Waals surface area (Å²) in [6, 6.07) is 14.5. The fourth-order valence-corrected chi connectivity index (χ4v) is 3.45. The lowest BCUT2D eigenvalue weighted by Crippen LogP contribution is -2.22. The number of amides is 1. The van der Waals surface area contributed by atoms with Crippen LogP contribution in [0, 0.1) is 0 Å². The van der Waals surface area contributed by atoms with Crippen molar-refractivity contribution >= 4 is 22.5 Å². The molecule has 1 amide bonds. The van der Waals surface area contributed by atoms with Crippen molar-refractivity contribution in [2.75, 3.05) is 6.54 Å². The standard InChI is InChI=1S/C22H18F3N3O/c23-22(24,25)17-6-3-5-16(13-17)20(27-28-12-4-9-21(28)29)14-15-10-11-26-19-8-2-1-7-18(15)19/h1-3,5-8,10-11,13H,4,9,12,14H2/b27-20+. The van der Waals surface area contributed by atoms with Gasteiger partial charge in [0.15, 0.2) is 0 Å². The predicted octanol–water partition coefficient (Wildman–Crippen LogP) is 4.82. The summed E-state index contributed by atoms with van der Waals surface area (Å²) in [5.74, 6) is -0.117. The number of hydrazone groups is 1. The maximum atomic E-state index is 13.2. The van der Waals surface area contributed by atoms with E-state index in [2.05, 4.69) is 10.1 Å². The highest BCUT2D eigenvalue weighted by Crippen LogP contribution is 2.30. The topological polar surface area (TPSA) is 45.6 Å². The van der Waals surface area contributed by atoms with Crippen LogP contribution < -0.4 is 0 Å². The van der Waals surface area contributed by atoms with Gasteiger partial charge in [-0.3, -0.25) is 9.78 Å². The molecule has 148 valence electrons. The van der Waals surface area contributed by atoms with Crippen molar-refractivity contribution in [3.05, 3.63) is 77.5 Å². The zero-order valence-corrected chi connectivity index (χ0v) is 15.5. The summed E-state index contributed by atoms with van der Waals surface area (Å²) < 4.78 is 39.7. The average Bonchev–Trinajstić information content (AvgIpc) is 3.12. The number of fused-ring (bicyclic) bond motifs is 1. The van der Waals surface area contributed by atoms with Gasteiger partial charge in [0.2, 0.25) is 5.91 Å². The minimum atomic E-state index is -4.45. The quantitative estimate of drug-likeness (QED) is 0.593. The lowest BCUT2D eigenvalue weighted by molar-refractivity contribution is -0.137. The molecule has 3 aromatic rings. The van der Waals surface area contributed by atoms with E-state index in [1.165, 1.54) is 11.1 Å². The fourth-order valence-electron chi connectivity index (χ4n) is 3.45. The molecule has 0 N–H and O–H groups in total. The first-order valence-corrected chi connectivity index (χ1v) is 9.30. The Balaban J connectivity index is 1.79. The number of carbonyl (C=O) groups is 1. The molecule has 0 saturated carbocycles. The molecular formula is C22H18F3N3O. The van der Waals surface area contributed by atoms with E-state index in [1.807, 2.05) is 30.3 Å². The van der Waals surface area contributed by atoms with Crippen molar-refractivity contribution in [2.45, 2.75) is 25.4 Å². The normalized spacial score (nSPS) is 15.3. The van der Waals surface area contributed by atoms with Crippen LogP contribution in [0.1, 0.15) is 29.5 Å². The maximum absolute atomic E-state index is 13.2. The molecule has 0 spiro atoms. The number of nitrogens with zero attached hydrogens (tertiary/aromatic N) is 3. The summed E-state index contributed by atoms with van der Waals surface area (Å²) in [5, 5.41) is 6.73. The number of pyridine rings is 1. The van der Waals surface area contributed by atoms with Crippen molar-refractivity contribution in [1.29, 1.82) is 0 Å². The SMILES string of the molecule is O=C1CCCN1/N=C(\Cc1ccnc2ccccc12)c1cccc(C(F)(F)F)c1. The van der Waals surface area contributed by atoms with E-state index in [1.54, 1.807) is 12.3 Å². The molecule has 0 unspecified atom stereocenters. The van der Waals surface area contributed by atoms with Crippen LogP contribution >= 0.6 is 0 Å². The molecule has 29 heavy (non-hydrogen) atoms. The van der Waals surface area contributed by atoms with Gasteiger partial charge in [-0.25, -0.2) is 5.01 Å². The largest absolute Gasteiger partial charge is 0.416 e. The lowest BCUT2D eigenvalue weighted by Gasteiger charge is -2.15. The summed E-state index contributed by atoms with van der Waals surface area (Å²) >= 11 is 0. The highest BCUT2D eigenvalue weighted by atomic mass is 19.4. The minimum Gasteiger partial charge on any atom is -0.273 e. The Labute approximate surface area is 165 Å². The van der Waals surface area contributed by atoms with E-state index < -0.39 is 11.7 Å².